The predicted molar refractivity (Wildman–Crippen MR) is 55.9 cm³/mol. The Hall–Kier alpha value is -1.42. The van der Waals surface area contributed by atoms with E-state index in [9.17, 15) is 4.79 Å². The van der Waals surface area contributed by atoms with Crippen molar-refractivity contribution in [3.05, 3.63) is 24.5 Å². The lowest BCUT2D eigenvalue weighted by atomic mass is 10.1. The average molecular weight is 193 g/mol. The summed E-state index contributed by atoms with van der Waals surface area (Å²) < 4.78 is 0. The molecule has 0 aliphatic heterocycles. The maximum absolute atomic E-state index is 11.7. The van der Waals surface area contributed by atoms with Crippen molar-refractivity contribution in [2.45, 2.75) is 19.4 Å². The van der Waals surface area contributed by atoms with Gasteiger partial charge in [-0.3, -0.25) is 9.78 Å². The molecule has 4 nitrogen and oxygen atoms in total. The molecule has 0 saturated heterocycles. The molecule has 1 aromatic heterocycles. The molecule has 0 bridgehead atoms. The Morgan fingerprint density at radius 3 is 2.64 bits per heavy atom. The van der Waals surface area contributed by atoms with Crippen LogP contribution in [0.15, 0.2) is 24.5 Å². The fraction of sp³-hybridized carbons (Fsp3) is 0.400. The van der Waals surface area contributed by atoms with Crippen LogP contribution in [-0.4, -0.2) is 23.5 Å². The zero-order valence-electron chi connectivity index (χ0n) is 8.69. The Kier molecular flexibility index (Phi) is 2.86. The van der Waals surface area contributed by atoms with Gasteiger partial charge in [-0.25, -0.2) is 0 Å². The summed E-state index contributed by atoms with van der Waals surface area (Å²) in [5, 5.41) is 0. The molecule has 0 spiro atoms. The molecule has 4 heteroatoms. The molecule has 1 rings (SSSR count). The van der Waals surface area contributed by atoms with E-state index < -0.39 is 5.54 Å². The first kappa shape index (κ1) is 10.7. The minimum Gasteiger partial charge on any atom is -0.318 e. The van der Waals surface area contributed by atoms with Gasteiger partial charge < -0.3 is 10.6 Å². The molecule has 0 fully saturated rings. The maximum Gasteiger partial charge on any atom is 0.246 e. The van der Waals surface area contributed by atoms with Crippen LogP contribution in [0.2, 0.25) is 0 Å². The van der Waals surface area contributed by atoms with Crippen LogP contribution in [0.1, 0.15) is 13.8 Å². The molecule has 1 aromatic rings. The molecule has 0 unspecified atom stereocenters. The number of rotatable bonds is 2. The zero-order valence-corrected chi connectivity index (χ0v) is 8.69. The molecule has 1 heterocycles. The molecule has 1 amide bonds. The highest BCUT2D eigenvalue weighted by Gasteiger charge is 2.26. The van der Waals surface area contributed by atoms with Gasteiger partial charge >= 0.3 is 0 Å². The Morgan fingerprint density at radius 2 is 2.21 bits per heavy atom. The first-order valence-corrected chi connectivity index (χ1v) is 4.40. The molecular weight excluding hydrogens is 178 g/mol. The average Bonchev–Trinajstić information content (AvgIpc) is 2.15. The summed E-state index contributed by atoms with van der Waals surface area (Å²) in [4.78, 5) is 17.2. The minimum atomic E-state index is -0.857. The molecular formula is C10H15N3O. The smallest absolute Gasteiger partial charge is 0.246 e. The number of amides is 1. The number of carbonyl (C=O) groups excluding carboxylic acids is 1. The van der Waals surface area contributed by atoms with E-state index in [0.29, 0.717) is 0 Å². The second kappa shape index (κ2) is 3.75. The van der Waals surface area contributed by atoms with Gasteiger partial charge in [0.05, 0.1) is 17.4 Å². The molecule has 0 atom stereocenters. The fourth-order valence-electron chi connectivity index (χ4n) is 1.10. The summed E-state index contributed by atoms with van der Waals surface area (Å²) in [6, 6.07) is 3.60. The number of nitrogens with two attached hydrogens (primary N) is 1. The lowest BCUT2D eigenvalue weighted by Crippen LogP contribution is -2.49. The van der Waals surface area contributed by atoms with Crippen molar-refractivity contribution >= 4 is 11.6 Å². The van der Waals surface area contributed by atoms with E-state index in [1.165, 1.54) is 4.90 Å². The number of likely N-dealkylation sites (N-methyl/N-ethyl adjacent to an activating group) is 1. The van der Waals surface area contributed by atoms with Crippen LogP contribution in [0, 0.1) is 0 Å². The van der Waals surface area contributed by atoms with Gasteiger partial charge in [-0.05, 0) is 26.0 Å². The van der Waals surface area contributed by atoms with E-state index in [1.54, 1.807) is 39.4 Å². The summed E-state index contributed by atoms with van der Waals surface area (Å²) in [5.74, 6) is -0.134. The number of anilines is 1. The third kappa shape index (κ3) is 2.29. The summed E-state index contributed by atoms with van der Waals surface area (Å²) >= 11 is 0. The molecule has 0 radical (unpaired) electrons. The number of pyridine rings is 1. The topological polar surface area (TPSA) is 59.2 Å². The monoisotopic (exact) mass is 193 g/mol. The Balaban J connectivity index is 2.87. The summed E-state index contributed by atoms with van der Waals surface area (Å²) in [6.45, 7) is 3.37. The van der Waals surface area contributed by atoms with Gasteiger partial charge in [0.2, 0.25) is 5.91 Å². The van der Waals surface area contributed by atoms with Crippen LogP contribution in [0.5, 0.6) is 0 Å². The SMILES string of the molecule is CN(C(=O)C(C)(C)N)c1cccnc1. The van der Waals surface area contributed by atoms with Crippen LogP contribution < -0.4 is 10.6 Å². The summed E-state index contributed by atoms with van der Waals surface area (Å²) in [7, 11) is 1.69. The molecule has 14 heavy (non-hydrogen) atoms. The third-order valence-corrected chi connectivity index (χ3v) is 1.89. The van der Waals surface area contributed by atoms with Gasteiger partial charge in [0, 0.05) is 13.2 Å². The van der Waals surface area contributed by atoms with Crippen molar-refractivity contribution < 1.29 is 4.79 Å². The highest BCUT2D eigenvalue weighted by Crippen LogP contribution is 2.13. The van der Waals surface area contributed by atoms with E-state index in [2.05, 4.69) is 4.98 Å². The highest BCUT2D eigenvalue weighted by molar-refractivity contribution is 5.98. The molecule has 0 aliphatic carbocycles. The van der Waals surface area contributed by atoms with Crippen molar-refractivity contribution in [3.8, 4) is 0 Å². The number of hydrogen-bond donors (Lipinski definition) is 1. The Bertz CT molecular complexity index is 316. The van der Waals surface area contributed by atoms with Gasteiger partial charge in [-0.15, -0.1) is 0 Å². The van der Waals surface area contributed by atoms with Crippen LogP contribution in [0.4, 0.5) is 5.69 Å². The van der Waals surface area contributed by atoms with Crippen molar-refractivity contribution in [1.82, 2.24) is 4.98 Å². The molecule has 0 aliphatic rings. The third-order valence-electron chi connectivity index (χ3n) is 1.89. The van der Waals surface area contributed by atoms with Crippen molar-refractivity contribution in [2.75, 3.05) is 11.9 Å². The molecule has 2 N–H and O–H groups in total. The van der Waals surface area contributed by atoms with E-state index >= 15 is 0 Å². The van der Waals surface area contributed by atoms with E-state index in [0.717, 1.165) is 5.69 Å². The number of aromatic nitrogens is 1. The molecule has 76 valence electrons. The normalized spacial score (nSPS) is 11.1. The standard InChI is InChI=1S/C10H15N3O/c1-10(2,11)9(14)13(3)8-5-4-6-12-7-8/h4-7H,11H2,1-3H3. The van der Waals surface area contributed by atoms with Crippen LogP contribution >= 0.6 is 0 Å². The summed E-state index contributed by atoms with van der Waals surface area (Å²) in [6.07, 6.45) is 3.29. The molecule has 0 saturated carbocycles. The maximum atomic E-state index is 11.7. The second-order valence-corrected chi connectivity index (χ2v) is 3.80. The van der Waals surface area contributed by atoms with Crippen molar-refractivity contribution in [2.24, 2.45) is 5.73 Å². The van der Waals surface area contributed by atoms with Gasteiger partial charge in [0.1, 0.15) is 0 Å². The molecule has 0 aromatic carbocycles. The van der Waals surface area contributed by atoms with Crippen molar-refractivity contribution in [1.29, 1.82) is 0 Å². The Labute approximate surface area is 83.7 Å². The quantitative estimate of drug-likeness (QED) is 0.755. The highest BCUT2D eigenvalue weighted by atomic mass is 16.2. The largest absolute Gasteiger partial charge is 0.318 e. The van der Waals surface area contributed by atoms with Gasteiger partial charge in [-0.2, -0.15) is 0 Å². The Morgan fingerprint density at radius 1 is 1.57 bits per heavy atom. The number of nitrogens with zero attached hydrogens (tertiary/aromatic N) is 2. The van der Waals surface area contributed by atoms with Crippen LogP contribution in [0.3, 0.4) is 0 Å². The first-order valence-electron chi connectivity index (χ1n) is 4.40. The lowest BCUT2D eigenvalue weighted by Gasteiger charge is -2.25. The predicted octanol–water partition coefficient (Wildman–Crippen LogP) is 0.782. The van der Waals surface area contributed by atoms with Gasteiger partial charge in [0.15, 0.2) is 0 Å². The van der Waals surface area contributed by atoms with E-state index in [-0.39, 0.29) is 5.91 Å². The fourth-order valence-corrected chi connectivity index (χ4v) is 1.10. The van der Waals surface area contributed by atoms with Gasteiger partial charge in [0.25, 0.3) is 0 Å². The van der Waals surface area contributed by atoms with Crippen LogP contribution in [0.25, 0.3) is 0 Å². The van der Waals surface area contributed by atoms with Crippen molar-refractivity contribution in [3.63, 3.8) is 0 Å². The lowest BCUT2D eigenvalue weighted by molar-refractivity contribution is -0.122. The van der Waals surface area contributed by atoms with E-state index in [4.69, 9.17) is 5.73 Å². The summed E-state index contributed by atoms with van der Waals surface area (Å²) in [5.41, 5.74) is 5.60. The van der Waals surface area contributed by atoms with Gasteiger partial charge in [-0.1, -0.05) is 0 Å². The second-order valence-electron chi connectivity index (χ2n) is 3.80. The van der Waals surface area contributed by atoms with Crippen LogP contribution in [-0.2, 0) is 4.79 Å². The zero-order chi connectivity index (χ0) is 10.8. The van der Waals surface area contributed by atoms with E-state index in [1.807, 2.05) is 6.07 Å². The number of hydrogen-bond acceptors (Lipinski definition) is 3. The minimum absolute atomic E-state index is 0.134. The first-order chi connectivity index (χ1) is 6.43. The number of carbonyl (C=O) groups is 1.